The highest BCUT2D eigenvalue weighted by atomic mass is 16.4. The zero-order valence-corrected chi connectivity index (χ0v) is 11.1. The van der Waals surface area contributed by atoms with Crippen LogP contribution < -0.4 is 5.32 Å². The topological polar surface area (TPSA) is 66.4 Å². The number of hydrogen-bond donors (Lipinski definition) is 2. The van der Waals surface area contributed by atoms with Gasteiger partial charge in [0, 0.05) is 24.8 Å². The molecule has 1 aliphatic heterocycles. The first-order valence-corrected chi connectivity index (χ1v) is 6.57. The summed E-state index contributed by atoms with van der Waals surface area (Å²) >= 11 is 0. The number of aryl methyl sites for hydroxylation is 1. The van der Waals surface area contributed by atoms with Crippen molar-refractivity contribution in [2.24, 2.45) is 0 Å². The highest BCUT2D eigenvalue weighted by molar-refractivity contribution is 5.77. The third kappa shape index (κ3) is 3.13. The number of piperidine rings is 1. The Kier molecular flexibility index (Phi) is 3.88. The van der Waals surface area contributed by atoms with Gasteiger partial charge in [0.2, 0.25) is 5.91 Å². The van der Waals surface area contributed by atoms with E-state index in [1.54, 1.807) is 0 Å². The fourth-order valence-corrected chi connectivity index (χ4v) is 2.65. The van der Waals surface area contributed by atoms with Crippen LogP contribution in [0.15, 0.2) is 24.3 Å². The number of carboxylic acid groups (broad SMARTS) is 1. The van der Waals surface area contributed by atoms with Crippen LogP contribution in [0.1, 0.15) is 36.8 Å². The summed E-state index contributed by atoms with van der Waals surface area (Å²) in [5.74, 6) is -0.735. The van der Waals surface area contributed by atoms with E-state index in [1.165, 1.54) is 5.56 Å². The zero-order chi connectivity index (χ0) is 13.9. The van der Waals surface area contributed by atoms with Gasteiger partial charge in [-0.3, -0.25) is 9.59 Å². The van der Waals surface area contributed by atoms with E-state index in [-0.39, 0.29) is 17.7 Å². The first kappa shape index (κ1) is 13.6. The van der Waals surface area contributed by atoms with E-state index in [4.69, 9.17) is 5.11 Å². The molecule has 1 amide bonds. The van der Waals surface area contributed by atoms with Crippen LogP contribution in [0.3, 0.4) is 0 Å². The molecule has 1 unspecified atom stereocenters. The predicted molar refractivity (Wildman–Crippen MR) is 72.0 cm³/mol. The number of hydrogen-bond acceptors (Lipinski definition) is 2. The fourth-order valence-electron chi connectivity index (χ4n) is 2.65. The maximum atomic E-state index is 11.3. The minimum absolute atomic E-state index is 0.0538. The molecule has 1 atom stereocenters. The van der Waals surface area contributed by atoms with Crippen LogP contribution in [0.4, 0.5) is 0 Å². The SMILES string of the molecule is Cc1ccc(C2(CCC(=O)O)CCC(=O)NC2)cc1. The molecule has 0 spiro atoms. The molecule has 1 fully saturated rings. The third-order valence-corrected chi connectivity index (χ3v) is 3.94. The molecule has 19 heavy (non-hydrogen) atoms. The first-order valence-electron chi connectivity index (χ1n) is 6.57. The number of aliphatic carboxylic acids is 1. The number of carbonyl (C=O) groups excluding carboxylic acids is 1. The van der Waals surface area contributed by atoms with Gasteiger partial charge in [-0.05, 0) is 25.3 Å². The summed E-state index contributed by atoms with van der Waals surface area (Å²) in [6.45, 7) is 2.55. The first-order chi connectivity index (χ1) is 9.02. The average molecular weight is 261 g/mol. The number of carbonyl (C=O) groups is 2. The van der Waals surface area contributed by atoms with Gasteiger partial charge in [-0.1, -0.05) is 29.8 Å². The molecule has 4 heteroatoms. The Labute approximate surface area is 112 Å². The van der Waals surface area contributed by atoms with E-state index in [2.05, 4.69) is 17.4 Å². The van der Waals surface area contributed by atoms with Crippen molar-refractivity contribution in [1.29, 1.82) is 0 Å². The molecule has 2 N–H and O–H groups in total. The Morgan fingerprint density at radius 2 is 2.05 bits per heavy atom. The van der Waals surface area contributed by atoms with E-state index >= 15 is 0 Å². The van der Waals surface area contributed by atoms with Crippen molar-refractivity contribution in [3.05, 3.63) is 35.4 Å². The lowest BCUT2D eigenvalue weighted by Crippen LogP contribution is -2.46. The maximum absolute atomic E-state index is 11.3. The molecule has 4 nitrogen and oxygen atoms in total. The Morgan fingerprint density at radius 3 is 2.58 bits per heavy atom. The van der Waals surface area contributed by atoms with Crippen molar-refractivity contribution < 1.29 is 14.7 Å². The summed E-state index contributed by atoms with van der Waals surface area (Å²) in [7, 11) is 0. The lowest BCUT2D eigenvalue weighted by atomic mass is 9.71. The highest BCUT2D eigenvalue weighted by Gasteiger charge is 2.36. The molecule has 1 heterocycles. The third-order valence-electron chi connectivity index (χ3n) is 3.94. The minimum atomic E-state index is -0.789. The quantitative estimate of drug-likeness (QED) is 0.871. The fraction of sp³-hybridized carbons (Fsp3) is 0.467. The van der Waals surface area contributed by atoms with Crippen LogP contribution in [0, 0.1) is 6.92 Å². The van der Waals surface area contributed by atoms with Crippen molar-refractivity contribution in [2.45, 2.75) is 38.0 Å². The minimum Gasteiger partial charge on any atom is -0.481 e. The summed E-state index contributed by atoms with van der Waals surface area (Å²) in [5, 5.41) is 11.8. The van der Waals surface area contributed by atoms with Crippen LogP contribution in [0.5, 0.6) is 0 Å². The summed E-state index contributed by atoms with van der Waals surface area (Å²) < 4.78 is 0. The average Bonchev–Trinajstić information content (AvgIpc) is 2.39. The molecule has 0 aliphatic carbocycles. The van der Waals surface area contributed by atoms with Gasteiger partial charge in [-0.2, -0.15) is 0 Å². The van der Waals surface area contributed by atoms with E-state index in [1.807, 2.05) is 19.1 Å². The molecule has 2 rings (SSSR count). The van der Waals surface area contributed by atoms with E-state index in [0.717, 1.165) is 12.0 Å². The van der Waals surface area contributed by atoms with E-state index in [9.17, 15) is 9.59 Å². The van der Waals surface area contributed by atoms with Crippen molar-refractivity contribution in [1.82, 2.24) is 5.32 Å². The second-order valence-electron chi connectivity index (χ2n) is 5.32. The normalized spacial score (nSPS) is 22.9. The second-order valence-corrected chi connectivity index (χ2v) is 5.32. The highest BCUT2D eigenvalue weighted by Crippen LogP contribution is 2.36. The molecular formula is C15H19NO3. The van der Waals surface area contributed by atoms with Crippen LogP contribution in [-0.2, 0) is 15.0 Å². The van der Waals surface area contributed by atoms with Crippen LogP contribution >= 0.6 is 0 Å². The van der Waals surface area contributed by atoms with Gasteiger partial charge in [-0.25, -0.2) is 0 Å². The molecule has 0 aromatic heterocycles. The zero-order valence-electron chi connectivity index (χ0n) is 11.1. The summed E-state index contributed by atoms with van der Waals surface area (Å²) in [6.07, 6.45) is 1.87. The molecule has 1 aromatic rings. The van der Waals surface area contributed by atoms with Crippen LogP contribution in [-0.4, -0.2) is 23.5 Å². The molecule has 0 bridgehead atoms. The number of carboxylic acids is 1. The standard InChI is InChI=1S/C15H19NO3/c1-11-2-4-12(5-3-11)15(9-7-14(18)19)8-6-13(17)16-10-15/h2-5H,6-10H2,1H3,(H,16,17)(H,18,19). The lowest BCUT2D eigenvalue weighted by Gasteiger charge is -2.37. The van der Waals surface area contributed by atoms with E-state index in [0.29, 0.717) is 19.4 Å². The summed E-state index contributed by atoms with van der Waals surface area (Å²) in [5.41, 5.74) is 2.07. The van der Waals surface area contributed by atoms with Crippen molar-refractivity contribution in [2.75, 3.05) is 6.54 Å². The van der Waals surface area contributed by atoms with Gasteiger partial charge >= 0.3 is 5.97 Å². The van der Waals surface area contributed by atoms with Gasteiger partial charge in [0.1, 0.15) is 0 Å². The van der Waals surface area contributed by atoms with Gasteiger partial charge < -0.3 is 10.4 Å². The Balaban J connectivity index is 2.25. The summed E-state index contributed by atoms with van der Waals surface area (Å²) in [4.78, 5) is 22.2. The number of nitrogens with one attached hydrogen (secondary N) is 1. The Morgan fingerprint density at radius 1 is 1.37 bits per heavy atom. The lowest BCUT2D eigenvalue weighted by molar-refractivity contribution is -0.137. The second kappa shape index (κ2) is 5.43. The predicted octanol–water partition coefficient (Wildman–Crippen LogP) is 2.01. The molecule has 1 aromatic carbocycles. The molecule has 0 radical (unpaired) electrons. The molecular weight excluding hydrogens is 242 g/mol. The van der Waals surface area contributed by atoms with E-state index < -0.39 is 5.97 Å². The number of rotatable bonds is 4. The molecule has 0 saturated carbocycles. The van der Waals surface area contributed by atoms with Crippen molar-refractivity contribution in [3.63, 3.8) is 0 Å². The van der Waals surface area contributed by atoms with Crippen LogP contribution in [0.25, 0.3) is 0 Å². The monoisotopic (exact) mass is 261 g/mol. The van der Waals surface area contributed by atoms with Gasteiger partial charge in [0.25, 0.3) is 0 Å². The number of benzene rings is 1. The van der Waals surface area contributed by atoms with Crippen molar-refractivity contribution >= 4 is 11.9 Å². The van der Waals surface area contributed by atoms with Gasteiger partial charge in [0.05, 0.1) is 0 Å². The van der Waals surface area contributed by atoms with Gasteiger partial charge in [0.15, 0.2) is 0 Å². The summed E-state index contributed by atoms with van der Waals surface area (Å²) in [6, 6.07) is 8.17. The Hall–Kier alpha value is -1.84. The Bertz CT molecular complexity index is 469. The molecule has 1 aliphatic rings. The maximum Gasteiger partial charge on any atom is 0.303 e. The number of amides is 1. The molecule has 102 valence electrons. The largest absolute Gasteiger partial charge is 0.481 e. The van der Waals surface area contributed by atoms with Crippen LogP contribution in [0.2, 0.25) is 0 Å². The molecule has 1 saturated heterocycles. The smallest absolute Gasteiger partial charge is 0.303 e. The van der Waals surface area contributed by atoms with Crippen molar-refractivity contribution in [3.8, 4) is 0 Å². The van der Waals surface area contributed by atoms with Gasteiger partial charge in [-0.15, -0.1) is 0 Å².